The summed E-state index contributed by atoms with van der Waals surface area (Å²) in [5.74, 6) is 0.394. The molecule has 0 spiro atoms. The first-order valence-corrected chi connectivity index (χ1v) is 8.92. The summed E-state index contributed by atoms with van der Waals surface area (Å²) in [6.45, 7) is 0.696. The fourth-order valence-electron chi connectivity index (χ4n) is 2.55. The number of carbonyl (C=O) groups is 1. The summed E-state index contributed by atoms with van der Waals surface area (Å²) >= 11 is 0. The molecule has 3 rings (SSSR count). The fraction of sp³-hybridized carbons (Fsp3) is 0.0909. The molecule has 1 amide bonds. The van der Waals surface area contributed by atoms with E-state index in [0.717, 1.165) is 11.3 Å². The van der Waals surface area contributed by atoms with Crippen molar-refractivity contribution in [3.05, 3.63) is 106 Å². The number of non-ortho nitro benzene ring substituents is 1. The van der Waals surface area contributed by atoms with Crippen molar-refractivity contribution < 1.29 is 14.5 Å². The van der Waals surface area contributed by atoms with Crippen molar-refractivity contribution in [2.45, 2.75) is 13.2 Å². The minimum atomic E-state index is -0.472. The molecule has 0 fully saturated rings. The number of hydrogen-bond donors (Lipinski definition) is 1. The average Bonchev–Trinajstić information content (AvgIpc) is 2.76. The molecular formula is C22H19N3O4. The van der Waals surface area contributed by atoms with E-state index in [1.54, 1.807) is 18.3 Å². The van der Waals surface area contributed by atoms with Crippen LogP contribution in [-0.2, 0) is 17.9 Å². The number of amides is 1. The van der Waals surface area contributed by atoms with Crippen molar-refractivity contribution in [2.24, 2.45) is 0 Å². The molecule has 0 aliphatic carbocycles. The van der Waals surface area contributed by atoms with Crippen molar-refractivity contribution in [1.29, 1.82) is 0 Å². The van der Waals surface area contributed by atoms with Crippen LogP contribution in [0.4, 0.5) is 5.69 Å². The minimum Gasteiger partial charge on any atom is -0.487 e. The third kappa shape index (κ3) is 6.28. The molecule has 29 heavy (non-hydrogen) atoms. The number of nitrogens with one attached hydrogen (secondary N) is 1. The monoisotopic (exact) mass is 389 g/mol. The zero-order chi connectivity index (χ0) is 20.5. The molecule has 0 bridgehead atoms. The van der Waals surface area contributed by atoms with E-state index in [0.29, 0.717) is 24.5 Å². The summed E-state index contributed by atoms with van der Waals surface area (Å²) in [5.41, 5.74) is 2.28. The maximum absolute atomic E-state index is 12.0. The lowest BCUT2D eigenvalue weighted by Gasteiger charge is -2.08. The van der Waals surface area contributed by atoms with E-state index in [4.69, 9.17) is 4.74 Å². The fourth-order valence-corrected chi connectivity index (χ4v) is 2.55. The van der Waals surface area contributed by atoms with Gasteiger partial charge in [0.2, 0.25) is 5.91 Å². The van der Waals surface area contributed by atoms with Gasteiger partial charge in [-0.05, 0) is 41.5 Å². The highest BCUT2D eigenvalue weighted by Gasteiger charge is 2.04. The van der Waals surface area contributed by atoms with E-state index >= 15 is 0 Å². The van der Waals surface area contributed by atoms with Crippen LogP contribution < -0.4 is 10.1 Å². The second-order valence-corrected chi connectivity index (χ2v) is 6.16. The van der Waals surface area contributed by atoms with Crippen LogP contribution in [0.5, 0.6) is 5.75 Å². The summed E-state index contributed by atoms with van der Waals surface area (Å²) in [4.78, 5) is 26.6. The van der Waals surface area contributed by atoms with Crippen molar-refractivity contribution in [2.75, 3.05) is 0 Å². The standard InChI is InChI=1S/C22H19N3O4/c26-22(11-10-17-5-3-8-20(13-17)25(27)28)24-15-18-6-4-9-21(14-18)29-16-19-7-1-2-12-23-19/h1-14H,15-16H2,(H,24,26)/b11-10+. The molecule has 0 unspecified atom stereocenters. The topological polar surface area (TPSA) is 94.4 Å². The predicted octanol–water partition coefficient (Wildman–Crippen LogP) is 3.90. The summed E-state index contributed by atoms with van der Waals surface area (Å²) in [6.07, 6.45) is 4.60. The Kier molecular flexibility index (Phi) is 6.67. The molecule has 0 aliphatic rings. The number of carbonyl (C=O) groups excluding carboxylic acids is 1. The highest BCUT2D eigenvalue weighted by atomic mass is 16.6. The number of pyridine rings is 1. The Labute approximate surface area is 167 Å². The number of ether oxygens (including phenoxy) is 1. The van der Waals surface area contributed by atoms with Crippen LogP contribution in [0.2, 0.25) is 0 Å². The lowest BCUT2D eigenvalue weighted by molar-refractivity contribution is -0.384. The highest BCUT2D eigenvalue weighted by molar-refractivity contribution is 5.91. The number of hydrogen-bond acceptors (Lipinski definition) is 5. The molecule has 0 aliphatic heterocycles. The summed E-state index contributed by atoms with van der Waals surface area (Å²) in [7, 11) is 0. The van der Waals surface area contributed by atoms with Crippen LogP contribution in [-0.4, -0.2) is 15.8 Å². The van der Waals surface area contributed by atoms with Gasteiger partial charge in [-0.2, -0.15) is 0 Å². The summed E-state index contributed by atoms with van der Waals surface area (Å²) < 4.78 is 5.73. The zero-order valence-electron chi connectivity index (χ0n) is 15.5. The van der Waals surface area contributed by atoms with Gasteiger partial charge in [-0.3, -0.25) is 19.9 Å². The van der Waals surface area contributed by atoms with E-state index in [9.17, 15) is 14.9 Å². The Balaban J connectivity index is 1.52. The molecule has 0 atom stereocenters. The SMILES string of the molecule is O=C(/C=C/c1cccc([N+](=O)[O-])c1)NCc1cccc(OCc2ccccn2)c1. The van der Waals surface area contributed by atoms with Crippen LogP contribution in [0.15, 0.2) is 79.0 Å². The molecule has 7 heteroatoms. The Bertz CT molecular complexity index is 1020. The van der Waals surface area contributed by atoms with Gasteiger partial charge in [0, 0.05) is 31.0 Å². The van der Waals surface area contributed by atoms with E-state index in [1.165, 1.54) is 24.3 Å². The molecule has 1 N–H and O–H groups in total. The second-order valence-electron chi connectivity index (χ2n) is 6.16. The van der Waals surface area contributed by atoms with Gasteiger partial charge in [0.05, 0.1) is 10.6 Å². The maximum atomic E-state index is 12.0. The molecule has 1 aromatic heterocycles. The van der Waals surface area contributed by atoms with Gasteiger partial charge in [-0.15, -0.1) is 0 Å². The van der Waals surface area contributed by atoms with Gasteiger partial charge in [0.1, 0.15) is 12.4 Å². The molecule has 3 aromatic rings. The number of rotatable bonds is 8. The average molecular weight is 389 g/mol. The van der Waals surface area contributed by atoms with Crippen molar-refractivity contribution >= 4 is 17.7 Å². The molecule has 7 nitrogen and oxygen atoms in total. The molecule has 2 aromatic carbocycles. The first-order chi connectivity index (χ1) is 14.1. The van der Waals surface area contributed by atoms with E-state index in [1.807, 2.05) is 42.5 Å². The highest BCUT2D eigenvalue weighted by Crippen LogP contribution is 2.15. The Morgan fingerprint density at radius 1 is 1.10 bits per heavy atom. The molecule has 146 valence electrons. The minimum absolute atomic E-state index is 0.0184. The molecule has 0 saturated carbocycles. The number of benzene rings is 2. The van der Waals surface area contributed by atoms with Gasteiger partial charge in [0.15, 0.2) is 0 Å². The first kappa shape index (κ1) is 19.8. The largest absolute Gasteiger partial charge is 0.487 e. The smallest absolute Gasteiger partial charge is 0.270 e. The lowest BCUT2D eigenvalue weighted by atomic mass is 10.2. The van der Waals surface area contributed by atoms with Crippen molar-refractivity contribution in [1.82, 2.24) is 10.3 Å². The second kappa shape index (κ2) is 9.80. The van der Waals surface area contributed by atoms with Gasteiger partial charge in [-0.1, -0.05) is 30.3 Å². The Morgan fingerprint density at radius 3 is 2.76 bits per heavy atom. The Hall–Kier alpha value is -4.00. The van der Waals surface area contributed by atoms with Gasteiger partial charge in [0.25, 0.3) is 5.69 Å². The first-order valence-electron chi connectivity index (χ1n) is 8.92. The van der Waals surface area contributed by atoms with Crippen molar-refractivity contribution in [3.63, 3.8) is 0 Å². The number of nitro benzene ring substituents is 1. The molecular weight excluding hydrogens is 370 g/mol. The third-order valence-corrected chi connectivity index (χ3v) is 3.99. The summed E-state index contributed by atoms with van der Waals surface area (Å²) in [6, 6.07) is 19.2. The normalized spacial score (nSPS) is 10.6. The van der Waals surface area contributed by atoms with Gasteiger partial charge < -0.3 is 10.1 Å². The van der Waals surface area contributed by atoms with E-state index in [2.05, 4.69) is 10.3 Å². The zero-order valence-corrected chi connectivity index (χ0v) is 15.5. The number of nitrogens with zero attached hydrogens (tertiary/aromatic N) is 2. The Morgan fingerprint density at radius 2 is 1.97 bits per heavy atom. The molecule has 0 saturated heterocycles. The van der Waals surface area contributed by atoms with Crippen LogP contribution >= 0.6 is 0 Å². The van der Waals surface area contributed by atoms with Gasteiger partial charge in [-0.25, -0.2) is 0 Å². The quantitative estimate of drug-likeness (QED) is 0.358. The molecule has 1 heterocycles. The predicted molar refractivity (Wildman–Crippen MR) is 109 cm³/mol. The van der Waals surface area contributed by atoms with Crippen LogP contribution in [0.3, 0.4) is 0 Å². The molecule has 0 radical (unpaired) electrons. The lowest BCUT2D eigenvalue weighted by Crippen LogP contribution is -2.20. The van der Waals surface area contributed by atoms with E-state index < -0.39 is 4.92 Å². The van der Waals surface area contributed by atoms with Gasteiger partial charge >= 0.3 is 0 Å². The number of aromatic nitrogens is 1. The van der Waals surface area contributed by atoms with Crippen molar-refractivity contribution in [3.8, 4) is 5.75 Å². The number of nitro groups is 1. The van der Waals surface area contributed by atoms with Crippen LogP contribution in [0.25, 0.3) is 6.08 Å². The van der Waals surface area contributed by atoms with Crippen LogP contribution in [0, 0.1) is 10.1 Å². The third-order valence-electron chi connectivity index (χ3n) is 3.99. The van der Waals surface area contributed by atoms with E-state index in [-0.39, 0.29) is 11.6 Å². The van der Waals surface area contributed by atoms with Crippen LogP contribution in [0.1, 0.15) is 16.8 Å². The maximum Gasteiger partial charge on any atom is 0.270 e. The summed E-state index contributed by atoms with van der Waals surface area (Å²) in [5, 5.41) is 13.6.